The van der Waals surface area contributed by atoms with E-state index in [0.29, 0.717) is 37.2 Å². The van der Waals surface area contributed by atoms with Crippen LogP contribution in [0.2, 0.25) is 0 Å². The Kier molecular flexibility index (Phi) is 22.0. The predicted octanol–water partition coefficient (Wildman–Crippen LogP) is 6.46. The van der Waals surface area contributed by atoms with Crippen LogP contribution >= 0.6 is 0 Å². The number of hydrogen-bond acceptors (Lipinski definition) is 7. The third kappa shape index (κ3) is 21.5. The van der Waals surface area contributed by atoms with Gasteiger partial charge in [-0.2, -0.15) is 0 Å². The quantitative estimate of drug-likeness (QED) is 0.101. The van der Waals surface area contributed by atoms with Crippen molar-refractivity contribution in [3.63, 3.8) is 0 Å². The summed E-state index contributed by atoms with van der Waals surface area (Å²) in [5.41, 5.74) is 0. The second kappa shape index (κ2) is 23.7. The standard InChI is InChI=1S/C31H58N2O5S/c1-26(2)10-6-11-27(3)12-7-13-28(4)14-8-15-29(5)16-20-37-24-30(38-31-32-17-9-18-33-31)25-39(35)23-22-36-21-19-34/h9,17-18,26-30,34H,6-8,10-16,19-25H2,1-5H3. The van der Waals surface area contributed by atoms with Gasteiger partial charge in [-0.1, -0.05) is 92.4 Å². The fourth-order valence-corrected chi connectivity index (χ4v) is 5.71. The first-order chi connectivity index (χ1) is 18.8. The molecule has 5 atom stereocenters. The Bertz CT molecular complexity index is 670. The lowest BCUT2D eigenvalue weighted by Gasteiger charge is -2.20. The molecular weight excluding hydrogens is 512 g/mol. The zero-order valence-corrected chi connectivity index (χ0v) is 26.3. The molecule has 0 spiro atoms. The van der Waals surface area contributed by atoms with Gasteiger partial charge in [0.1, 0.15) is 11.5 Å². The monoisotopic (exact) mass is 570 g/mol. The lowest BCUT2D eigenvalue weighted by molar-refractivity contribution is 0.0490. The molecule has 0 amide bonds. The topological polar surface area (TPSA) is 96.8 Å². The van der Waals surface area contributed by atoms with Gasteiger partial charge in [-0.15, -0.1) is 0 Å². The van der Waals surface area contributed by atoms with E-state index in [-0.39, 0.29) is 25.3 Å². The molecule has 0 aliphatic rings. The van der Waals surface area contributed by atoms with Gasteiger partial charge in [0.05, 0.1) is 26.4 Å². The average molecular weight is 571 g/mol. The van der Waals surface area contributed by atoms with Crippen molar-refractivity contribution < 1.29 is 23.9 Å². The molecule has 5 unspecified atom stereocenters. The van der Waals surface area contributed by atoms with Gasteiger partial charge in [0, 0.05) is 19.0 Å². The summed E-state index contributed by atoms with van der Waals surface area (Å²) in [7, 11) is 0. The third-order valence-electron chi connectivity index (χ3n) is 7.20. The Morgan fingerprint density at radius 2 is 1.33 bits per heavy atom. The van der Waals surface area contributed by atoms with Gasteiger partial charge < -0.3 is 23.9 Å². The van der Waals surface area contributed by atoms with Crippen LogP contribution in [0.3, 0.4) is 0 Å². The zero-order chi connectivity index (χ0) is 28.7. The van der Waals surface area contributed by atoms with E-state index >= 15 is 0 Å². The maximum Gasteiger partial charge on any atom is 0.316 e. The smallest absolute Gasteiger partial charge is 0.316 e. The fraction of sp³-hybridized carbons (Fsp3) is 0.871. The molecule has 1 rings (SSSR count). The maximum absolute atomic E-state index is 12.5. The van der Waals surface area contributed by atoms with Gasteiger partial charge in [-0.05, 0) is 47.3 Å². The Labute approximate surface area is 242 Å². The van der Waals surface area contributed by atoms with E-state index in [1.165, 1.54) is 57.8 Å². The van der Waals surface area contributed by atoms with Crippen molar-refractivity contribution in [2.45, 2.75) is 105 Å². The highest BCUT2D eigenvalue weighted by Gasteiger charge is 2.21. The highest BCUT2D eigenvalue weighted by atomic mass is 32.2. The molecule has 1 aromatic heterocycles. The average Bonchev–Trinajstić information content (AvgIpc) is 2.89. The first-order valence-corrected chi connectivity index (χ1v) is 16.8. The summed E-state index contributed by atoms with van der Waals surface area (Å²) in [4.78, 5) is 8.24. The van der Waals surface area contributed by atoms with Crippen LogP contribution in [0.15, 0.2) is 18.5 Å². The largest absolute Gasteiger partial charge is 0.616 e. The lowest BCUT2D eigenvalue weighted by atomic mass is 9.91. The molecule has 0 aromatic carbocycles. The van der Waals surface area contributed by atoms with Crippen molar-refractivity contribution in [2.75, 3.05) is 44.5 Å². The first kappa shape index (κ1) is 36.1. The second-order valence-corrected chi connectivity index (χ2v) is 13.4. The summed E-state index contributed by atoms with van der Waals surface area (Å²) in [6.45, 7) is 13.4. The molecule has 39 heavy (non-hydrogen) atoms. The van der Waals surface area contributed by atoms with Crippen molar-refractivity contribution in [3.05, 3.63) is 18.5 Å². The van der Waals surface area contributed by atoms with E-state index in [0.717, 1.165) is 24.2 Å². The zero-order valence-electron chi connectivity index (χ0n) is 25.5. The van der Waals surface area contributed by atoms with Crippen molar-refractivity contribution in [1.29, 1.82) is 0 Å². The molecule has 1 N–H and O–H groups in total. The SMILES string of the molecule is CC(C)CCCC(C)CCCC(C)CCCC(C)CCOCC(C[S+]([O-])CCOCCO)Oc1ncccn1. The van der Waals surface area contributed by atoms with Gasteiger partial charge >= 0.3 is 6.01 Å². The van der Waals surface area contributed by atoms with Crippen LogP contribution < -0.4 is 4.74 Å². The van der Waals surface area contributed by atoms with Crippen LogP contribution in [0.4, 0.5) is 0 Å². The number of aliphatic hydroxyl groups is 1. The van der Waals surface area contributed by atoms with Gasteiger partial charge in [0.25, 0.3) is 0 Å². The minimum atomic E-state index is -1.13. The molecule has 0 radical (unpaired) electrons. The second-order valence-electron chi connectivity index (χ2n) is 11.8. The lowest BCUT2D eigenvalue weighted by Crippen LogP contribution is -2.34. The summed E-state index contributed by atoms with van der Waals surface area (Å²) >= 11 is -1.13. The maximum atomic E-state index is 12.5. The number of nitrogens with zero attached hydrogens (tertiary/aromatic N) is 2. The number of aliphatic hydroxyl groups excluding tert-OH is 1. The number of ether oxygens (including phenoxy) is 3. The third-order valence-corrected chi connectivity index (χ3v) is 8.57. The van der Waals surface area contributed by atoms with Crippen molar-refractivity contribution in [3.8, 4) is 6.01 Å². The minimum absolute atomic E-state index is 0.0346. The Hall–Kier alpha value is -0.930. The molecule has 0 aliphatic carbocycles. The molecule has 1 aromatic rings. The summed E-state index contributed by atoms with van der Waals surface area (Å²) < 4.78 is 29.5. The van der Waals surface area contributed by atoms with E-state index in [2.05, 4.69) is 44.6 Å². The number of aromatic nitrogens is 2. The molecule has 1 heterocycles. The normalized spacial score (nSPS) is 15.7. The van der Waals surface area contributed by atoms with E-state index in [1.54, 1.807) is 18.5 Å². The molecule has 0 saturated carbocycles. The van der Waals surface area contributed by atoms with Crippen LogP contribution in [-0.2, 0) is 20.6 Å². The molecule has 0 aliphatic heterocycles. The molecule has 0 fully saturated rings. The fourth-order valence-electron chi connectivity index (χ4n) is 4.66. The predicted molar refractivity (Wildman–Crippen MR) is 162 cm³/mol. The molecule has 7 nitrogen and oxygen atoms in total. The van der Waals surface area contributed by atoms with Crippen LogP contribution in [-0.4, -0.2) is 70.3 Å². The van der Waals surface area contributed by atoms with Crippen LogP contribution in [0.1, 0.15) is 98.8 Å². The van der Waals surface area contributed by atoms with E-state index in [9.17, 15) is 4.55 Å². The summed E-state index contributed by atoms with van der Waals surface area (Å²) in [6.07, 6.45) is 15.9. The van der Waals surface area contributed by atoms with Crippen molar-refractivity contribution >= 4 is 11.2 Å². The van der Waals surface area contributed by atoms with Crippen molar-refractivity contribution in [2.24, 2.45) is 23.7 Å². The Balaban J connectivity index is 2.21. The summed E-state index contributed by atoms with van der Waals surface area (Å²) in [5.74, 6) is 3.84. The number of hydrogen-bond donors (Lipinski definition) is 1. The summed E-state index contributed by atoms with van der Waals surface area (Å²) in [5, 5.41) is 8.80. The van der Waals surface area contributed by atoms with Crippen LogP contribution in [0.25, 0.3) is 0 Å². The minimum Gasteiger partial charge on any atom is -0.616 e. The van der Waals surface area contributed by atoms with E-state index < -0.39 is 11.2 Å². The highest BCUT2D eigenvalue weighted by Crippen LogP contribution is 2.22. The Morgan fingerprint density at radius 3 is 1.90 bits per heavy atom. The van der Waals surface area contributed by atoms with Gasteiger partial charge in [-0.3, -0.25) is 0 Å². The van der Waals surface area contributed by atoms with E-state index in [4.69, 9.17) is 19.3 Å². The van der Waals surface area contributed by atoms with Crippen molar-refractivity contribution in [1.82, 2.24) is 9.97 Å². The molecular formula is C31H58N2O5S. The van der Waals surface area contributed by atoms with Gasteiger partial charge in [0.15, 0.2) is 6.10 Å². The van der Waals surface area contributed by atoms with E-state index in [1.807, 2.05) is 0 Å². The van der Waals surface area contributed by atoms with Gasteiger partial charge in [0.2, 0.25) is 0 Å². The molecule has 0 saturated heterocycles. The van der Waals surface area contributed by atoms with Gasteiger partial charge in [-0.25, -0.2) is 9.97 Å². The highest BCUT2D eigenvalue weighted by molar-refractivity contribution is 7.91. The molecule has 0 bridgehead atoms. The molecule has 8 heteroatoms. The Morgan fingerprint density at radius 1 is 0.769 bits per heavy atom. The van der Waals surface area contributed by atoms with Crippen LogP contribution in [0, 0.1) is 23.7 Å². The molecule has 228 valence electrons. The summed E-state index contributed by atoms with van der Waals surface area (Å²) in [6, 6.07) is 2.00. The number of rotatable bonds is 26. The van der Waals surface area contributed by atoms with Crippen LogP contribution in [0.5, 0.6) is 6.01 Å². The first-order valence-electron chi connectivity index (χ1n) is 15.3.